The van der Waals surface area contributed by atoms with Gasteiger partial charge in [0, 0.05) is 23.5 Å². The highest BCUT2D eigenvalue weighted by Crippen LogP contribution is 2.42. The Bertz CT molecular complexity index is 1870. The molecule has 40 heavy (non-hydrogen) atoms. The van der Waals surface area contributed by atoms with E-state index < -0.39 is 49.6 Å². The predicted octanol–water partition coefficient (Wildman–Crippen LogP) is 5.28. The quantitative estimate of drug-likeness (QED) is 0.246. The molecule has 3 heterocycles. The van der Waals surface area contributed by atoms with Gasteiger partial charge in [-0.1, -0.05) is 6.07 Å². The summed E-state index contributed by atoms with van der Waals surface area (Å²) in [7, 11) is -3.89. The number of ether oxygens (including phenoxy) is 1. The molecular formula is C25H16F4N6O3S2. The normalized spacial score (nSPS) is 11.4. The van der Waals surface area contributed by atoms with E-state index in [0.717, 1.165) is 36.8 Å². The fourth-order valence-corrected chi connectivity index (χ4v) is 5.98. The molecule has 5 aromatic rings. The van der Waals surface area contributed by atoms with Crippen molar-refractivity contribution in [3.05, 3.63) is 84.3 Å². The molecule has 0 bridgehead atoms. The minimum Gasteiger partial charge on any atom is -0.494 e. The molecule has 15 heteroatoms. The van der Waals surface area contributed by atoms with Gasteiger partial charge in [0.15, 0.2) is 22.3 Å². The molecular weight excluding hydrogens is 572 g/mol. The Balaban J connectivity index is 1.64. The van der Waals surface area contributed by atoms with Crippen molar-refractivity contribution in [3.63, 3.8) is 0 Å². The van der Waals surface area contributed by atoms with Crippen molar-refractivity contribution in [1.82, 2.24) is 19.9 Å². The van der Waals surface area contributed by atoms with Crippen LogP contribution in [0.15, 0.2) is 66.0 Å². The van der Waals surface area contributed by atoms with Crippen molar-refractivity contribution < 1.29 is 30.7 Å². The van der Waals surface area contributed by atoms with Gasteiger partial charge in [-0.2, -0.15) is 0 Å². The van der Waals surface area contributed by atoms with Crippen molar-refractivity contribution in [2.24, 2.45) is 0 Å². The summed E-state index contributed by atoms with van der Waals surface area (Å²) in [5, 5.41) is 0.250. The average molecular weight is 589 g/mol. The first-order valence-corrected chi connectivity index (χ1v) is 13.4. The molecule has 0 saturated carbocycles. The summed E-state index contributed by atoms with van der Waals surface area (Å²) in [5.74, 6) is -5.21. The number of nitrogen functional groups attached to an aromatic ring is 1. The summed E-state index contributed by atoms with van der Waals surface area (Å²) in [5.41, 5.74) is 5.49. The van der Waals surface area contributed by atoms with Gasteiger partial charge in [0.25, 0.3) is 10.0 Å². The third-order valence-electron chi connectivity index (χ3n) is 5.49. The number of nitrogens with two attached hydrogens (primary N) is 1. The monoisotopic (exact) mass is 588 g/mol. The van der Waals surface area contributed by atoms with E-state index in [1.807, 2.05) is 4.72 Å². The number of aromatic nitrogens is 4. The van der Waals surface area contributed by atoms with Gasteiger partial charge in [-0.05, 0) is 36.4 Å². The lowest BCUT2D eigenvalue weighted by Gasteiger charge is -2.13. The van der Waals surface area contributed by atoms with Crippen LogP contribution in [0.5, 0.6) is 5.75 Å². The zero-order chi connectivity index (χ0) is 28.6. The van der Waals surface area contributed by atoms with Crippen LogP contribution in [0.3, 0.4) is 0 Å². The van der Waals surface area contributed by atoms with Crippen LogP contribution in [0.1, 0.15) is 0 Å². The lowest BCUT2D eigenvalue weighted by molar-refractivity contribution is 0.375. The summed E-state index contributed by atoms with van der Waals surface area (Å²) >= 11 is 1.03. The van der Waals surface area contributed by atoms with Gasteiger partial charge in [0.05, 0.1) is 35.3 Å². The van der Waals surface area contributed by atoms with Gasteiger partial charge < -0.3 is 10.5 Å². The Morgan fingerprint density at radius 3 is 2.52 bits per heavy atom. The number of hydrogen-bond acceptors (Lipinski definition) is 9. The average Bonchev–Trinajstić information content (AvgIpc) is 3.35. The number of thiazole rings is 1. The number of methoxy groups -OCH3 is 1. The van der Waals surface area contributed by atoms with Gasteiger partial charge in [-0.25, -0.2) is 40.9 Å². The summed E-state index contributed by atoms with van der Waals surface area (Å²) in [6.07, 6.45) is 3.75. The smallest absolute Gasteiger partial charge is 0.268 e. The lowest BCUT2D eigenvalue weighted by Crippen LogP contribution is -2.18. The summed E-state index contributed by atoms with van der Waals surface area (Å²) in [6, 6.07) is 8.01. The second kappa shape index (κ2) is 10.5. The van der Waals surface area contributed by atoms with Gasteiger partial charge in [0.2, 0.25) is 5.95 Å². The van der Waals surface area contributed by atoms with Gasteiger partial charge in [-0.3, -0.25) is 9.71 Å². The summed E-state index contributed by atoms with van der Waals surface area (Å²) < 4.78 is 91.4. The van der Waals surface area contributed by atoms with Crippen LogP contribution in [0.2, 0.25) is 0 Å². The molecule has 9 nitrogen and oxygen atoms in total. The molecule has 0 spiro atoms. The maximum Gasteiger partial charge on any atom is 0.268 e. The van der Waals surface area contributed by atoms with E-state index in [1.54, 1.807) is 0 Å². The van der Waals surface area contributed by atoms with Crippen LogP contribution < -0.4 is 15.2 Å². The Labute approximate surface area is 228 Å². The first-order valence-electron chi connectivity index (χ1n) is 11.1. The number of halogens is 4. The molecule has 3 aromatic heterocycles. The standard InChI is InChI=1S/C25H16F4N6O3S2/c1-38-18-6-5-15(27)23(20(18)29)40(36,37)35-16-4-2-3-14(19(16)28)21-22(17-7-8-32-25(30)33-17)39-24(34-21)12-9-13(26)11-31-10-12/h2-11,35H,1H3,(H2,30,32,33). The fraction of sp³-hybridized carbons (Fsp3) is 0.0400. The van der Waals surface area contributed by atoms with Crippen molar-refractivity contribution >= 4 is 33.0 Å². The van der Waals surface area contributed by atoms with Crippen LogP contribution in [-0.4, -0.2) is 35.5 Å². The molecule has 0 fully saturated rings. The number of rotatable bonds is 7. The number of nitrogens with one attached hydrogen (secondary N) is 1. The molecule has 0 amide bonds. The molecule has 0 atom stereocenters. The second-order valence-electron chi connectivity index (χ2n) is 8.05. The minimum atomic E-state index is -4.96. The maximum atomic E-state index is 15.9. The van der Waals surface area contributed by atoms with Crippen molar-refractivity contribution in [2.45, 2.75) is 4.90 Å². The minimum absolute atomic E-state index is 0.0136. The predicted molar refractivity (Wildman–Crippen MR) is 140 cm³/mol. The fourth-order valence-electron chi connectivity index (χ4n) is 3.74. The van der Waals surface area contributed by atoms with E-state index in [4.69, 9.17) is 10.5 Å². The molecule has 0 aliphatic heterocycles. The summed E-state index contributed by atoms with van der Waals surface area (Å²) in [4.78, 5) is 15.2. The Hall–Kier alpha value is -4.63. The van der Waals surface area contributed by atoms with E-state index in [2.05, 4.69) is 19.9 Å². The number of pyridine rings is 1. The van der Waals surface area contributed by atoms with Crippen molar-refractivity contribution in [3.8, 4) is 38.1 Å². The molecule has 204 valence electrons. The third-order valence-corrected chi connectivity index (χ3v) is 8.01. The molecule has 0 radical (unpaired) electrons. The molecule has 5 rings (SSSR count). The maximum absolute atomic E-state index is 15.9. The van der Waals surface area contributed by atoms with E-state index in [0.29, 0.717) is 16.5 Å². The number of hydrogen-bond donors (Lipinski definition) is 2. The van der Waals surface area contributed by atoms with E-state index >= 15 is 4.39 Å². The largest absolute Gasteiger partial charge is 0.494 e. The van der Waals surface area contributed by atoms with Gasteiger partial charge in [-0.15, -0.1) is 11.3 Å². The Morgan fingerprint density at radius 1 is 1.00 bits per heavy atom. The third kappa shape index (κ3) is 5.03. The Morgan fingerprint density at radius 2 is 1.80 bits per heavy atom. The van der Waals surface area contributed by atoms with Crippen LogP contribution >= 0.6 is 11.3 Å². The van der Waals surface area contributed by atoms with Crippen LogP contribution in [0.4, 0.5) is 29.2 Å². The topological polar surface area (TPSA) is 133 Å². The molecule has 2 aromatic carbocycles. The molecule has 0 saturated heterocycles. The molecule has 0 aliphatic rings. The van der Waals surface area contributed by atoms with Gasteiger partial charge in [0.1, 0.15) is 16.6 Å². The second-order valence-corrected chi connectivity index (χ2v) is 10.7. The number of anilines is 2. The SMILES string of the molecule is COc1ccc(F)c(S(=O)(=O)Nc2cccc(-c3nc(-c4cncc(F)c4)sc3-c3ccnc(N)n3)c2F)c1F. The number of benzene rings is 2. The van der Waals surface area contributed by atoms with Crippen LogP contribution in [0.25, 0.3) is 32.4 Å². The zero-order valence-electron chi connectivity index (χ0n) is 20.2. The highest BCUT2D eigenvalue weighted by molar-refractivity contribution is 7.92. The number of sulfonamides is 1. The van der Waals surface area contributed by atoms with Crippen LogP contribution in [0, 0.1) is 23.3 Å². The number of nitrogens with zero attached hydrogens (tertiary/aromatic N) is 4. The van der Waals surface area contributed by atoms with Crippen molar-refractivity contribution in [2.75, 3.05) is 17.6 Å². The van der Waals surface area contributed by atoms with E-state index in [9.17, 15) is 21.6 Å². The van der Waals surface area contributed by atoms with E-state index in [1.165, 1.54) is 36.7 Å². The highest BCUT2D eigenvalue weighted by atomic mass is 32.2. The van der Waals surface area contributed by atoms with Crippen molar-refractivity contribution in [1.29, 1.82) is 0 Å². The lowest BCUT2D eigenvalue weighted by atomic mass is 10.1. The highest BCUT2D eigenvalue weighted by Gasteiger charge is 2.29. The van der Waals surface area contributed by atoms with E-state index in [-0.39, 0.29) is 27.9 Å². The Kier molecular flexibility index (Phi) is 7.08. The first kappa shape index (κ1) is 27.0. The molecule has 0 unspecified atom stereocenters. The molecule has 0 aliphatic carbocycles. The zero-order valence-corrected chi connectivity index (χ0v) is 21.8. The summed E-state index contributed by atoms with van der Waals surface area (Å²) in [6.45, 7) is 0. The van der Waals surface area contributed by atoms with Crippen LogP contribution in [-0.2, 0) is 10.0 Å². The first-order chi connectivity index (χ1) is 19.1. The van der Waals surface area contributed by atoms with Gasteiger partial charge >= 0.3 is 0 Å². The molecule has 3 N–H and O–H groups in total.